The van der Waals surface area contributed by atoms with Crippen molar-refractivity contribution in [3.05, 3.63) is 64.2 Å². The number of rotatable bonds is 7. The van der Waals surface area contributed by atoms with Gasteiger partial charge in [0.25, 0.3) is 5.91 Å². The normalized spacial score (nSPS) is 10.2. The third kappa shape index (κ3) is 6.12. The molecule has 0 fully saturated rings. The van der Waals surface area contributed by atoms with Crippen molar-refractivity contribution >= 4 is 23.5 Å². The van der Waals surface area contributed by atoms with Crippen LogP contribution in [0.25, 0.3) is 0 Å². The molecule has 2 rings (SSSR count). The van der Waals surface area contributed by atoms with E-state index < -0.39 is 5.97 Å². The molecule has 0 atom stereocenters. The molecule has 0 heterocycles. The Morgan fingerprint density at radius 2 is 1.76 bits per heavy atom. The molecular weight excluding hydrogens is 342 g/mol. The quantitative estimate of drug-likeness (QED) is 0.769. The van der Waals surface area contributed by atoms with Gasteiger partial charge in [0.05, 0.1) is 0 Å². The molecule has 0 saturated heterocycles. The molecule has 1 amide bonds. The van der Waals surface area contributed by atoms with E-state index in [1.807, 2.05) is 38.1 Å². The zero-order valence-electron chi connectivity index (χ0n) is 14.2. The second kappa shape index (κ2) is 9.08. The zero-order valence-corrected chi connectivity index (χ0v) is 14.9. The van der Waals surface area contributed by atoms with Gasteiger partial charge in [-0.25, -0.2) is 4.79 Å². The SMILES string of the molecule is Cc1cccc(OCC(=O)OCC(=O)NCc2ccc(Cl)cc2)c1C. The fraction of sp³-hybridized carbons (Fsp3) is 0.263. The van der Waals surface area contributed by atoms with Crippen molar-refractivity contribution in [2.24, 2.45) is 0 Å². The molecule has 0 aliphatic carbocycles. The third-order valence-corrected chi connectivity index (χ3v) is 3.92. The van der Waals surface area contributed by atoms with Gasteiger partial charge in [-0.2, -0.15) is 0 Å². The molecule has 0 aliphatic heterocycles. The summed E-state index contributed by atoms with van der Waals surface area (Å²) in [4.78, 5) is 23.4. The molecule has 2 aromatic carbocycles. The van der Waals surface area contributed by atoms with E-state index in [1.54, 1.807) is 18.2 Å². The molecule has 0 bridgehead atoms. The molecule has 0 spiro atoms. The van der Waals surface area contributed by atoms with E-state index >= 15 is 0 Å². The highest BCUT2D eigenvalue weighted by atomic mass is 35.5. The number of nitrogens with one attached hydrogen (secondary N) is 1. The summed E-state index contributed by atoms with van der Waals surface area (Å²) in [6.45, 7) is 3.63. The first kappa shape index (κ1) is 18.8. The van der Waals surface area contributed by atoms with Crippen molar-refractivity contribution in [2.45, 2.75) is 20.4 Å². The Balaban J connectivity index is 1.69. The first-order valence-corrected chi connectivity index (χ1v) is 8.19. The van der Waals surface area contributed by atoms with Gasteiger partial charge < -0.3 is 14.8 Å². The van der Waals surface area contributed by atoms with Crippen LogP contribution in [0.15, 0.2) is 42.5 Å². The van der Waals surface area contributed by atoms with E-state index in [0.717, 1.165) is 16.7 Å². The predicted octanol–water partition coefficient (Wildman–Crippen LogP) is 3.20. The number of benzene rings is 2. The van der Waals surface area contributed by atoms with Gasteiger partial charge in [0.15, 0.2) is 13.2 Å². The smallest absolute Gasteiger partial charge is 0.344 e. The van der Waals surface area contributed by atoms with Crippen LogP contribution in [0.1, 0.15) is 16.7 Å². The first-order chi connectivity index (χ1) is 12.0. The van der Waals surface area contributed by atoms with Crippen LogP contribution in [-0.4, -0.2) is 25.1 Å². The van der Waals surface area contributed by atoms with Gasteiger partial charge in [-0.15, -0.1) is 0 Å². The Bertz CT molecular complexity index is 744. The zero-order chi connectivity index (χ0) is 18.2. The summed E-state index contributed by atoms with van der Waals surface area (Å²) in [5.41, 5.74) is 2.95. The molecule has 0 aliphatic rings. The molecule has 0 unspecified atom stereocenters. The van der Waals surface area contributed by atoms with Crippen LogP contribution in [0.4, 0.5) is 0 Å². The van der Waals surface area contributed by atoms with E-state index in [2.05, 4.69) is 5.32 Å². The molecule has 1 N–H and O–H groups in total. The summed E-state index contributed by atoms with van der Waals surface area (Å²) >= 11 is 5.79. The van der Waals surface area contributed by atoms with Gasteiger partial charge in [0, 0.05) is 11.6 Å². The van der Waals surface area contributed by atoms with Crippen LogP contribution >= 0.6 is 11.6 Å². The number of hydrogen-bond acceptors (Lipinski definition) is 4. The summed E-state index contributed by atoms with van der Waals surface area (Å²) in [5.74, 6) is -0.346. The molecule has 5 nitrogen and oxygen atoms in total. The van der Waals surface area contributed by atoms with Crippen LogP contribution in [0.2, 0.25) is 5.02 Å². The van der Waals surface area contributed by atoms with Crippen molar-refractivity contribution in [2.75, 3.05) is 13.2 Å². The number of halogens is 1. The van der Waals surface area contributed by atoms with Crippen LogP contribution in [-0.2, 0) is 20.9 Å². The van der Waals surface area contributed by atoms with Gasteiger partial charge in [-0.1, -0.05) is 35.9 Å². The number of ether oxygens (including phenoxy) is 2. The van der Waals surface area contributed by atoms with E-state index in [9.17, 15) is 9.59 Å². The van der Waals surface area contributed by atoms with Gasteiger partial charge in [0.1, 0.15) is 5.75 Å². The lowest BCUT2D eigenvalue weighted by Gasteiger charge is -2.11. The van der Waals surface area contributed by atoms with Crippen LogP contribution in [0, 0.1) is 13.8 Å². The second-order valence-corrected chi connectivity index (χ2v) is 5.99. The number of esters is 1. The lowest BCUT2D eigenvalue weighted by molar-refractivity contribution is -0.150. The van der Waals surface area contributed by atoms with Gasteiger partial charge in [-0.3, -0.25) is 4.79 Å². The fourth-order valence-corrected chi connectivity index (χ4v) is 2.18. The Morgan fingerprint density at radius 3 is 2.48 bits per heavy atom. The number of carbonyl (C=O) groups excluding carboxylic acids is 2. The van der Waals surface area contributed by atoms with Gasteiger partial charge in [-0.05, 0) is 48.7 Å². The average Bonchev–Trinajstić information content (AvgIpc) is 2.60. The summed E-state index contributed by atoms with van der Waals surface area (Å²) in [6, 6.07) is 12.7. The molecule has 132 valence electrons. The van der Waals surface area contributed by atoms with Crippen molar-refractivity contribution in [1.29, 1.82) is 0 Å². The van der Waals surface area contributed by atoms with E-state index in [0.29, 0.717) is 17.3 Å². The lowest BCUT2D eigenvalue weighted by Crippen LogP contribution is -2.29. The highest BCUT2D eigenvalue weighted by Crippen LogP contribution is 2.20. The Kier molecular flexibility index (Phi) is 6.83. The summed E-state index contributed by atoms with van der Waals surface area (Å²) in [7, 11) is 0. The maximum absolute atomic E-state index is 11.7. The third-order valence-electron chi connectivity index (χ3n) is 3.67. The topological polar surface area (TPSA) is 64.6 Å². The summed E-state index contributed by atoms with van der Waals surface area (Å²) in [5, 5.41) is 3.30. The monoisotopic (exact) mass is 361 g/mol. The maximum Gasteiger partial charge on any atom is 0.344 e. The number of amides is 1. The van der Waals surface area contributed by atoms with E-state index in [-0.39, 0.29) is 19.1 Å². The minimum absolute atomic E-state index is 0.241. The standard InChI is InChI=1S/C19H20ClNO4/c1-13-4-3-5-17(14(13)2)24-12-19(23)25-11-18(22)21-10-15-6-8-16(20)9-7-15/h3-9H,10-12H2,1-2H3,(H,21,22). The van der Waals surface area contributed by atoms with Crippen molar-refractivity contribution in [3.8, 4) is 5.75 Å². The Morgan fingerprint density at radius 1 is 1.04 bits per heavy atom. The van der Waals surface area contributed by atoms with Crippen LogP contribution in [0.5, 0.6) is 5.75 Å². The number of carbonyl (C=O) groups is 2. The summed E-state index contributed by atoms with van der Waals surface area (Å²) in [6.07, 6.45) is 0. The van der Waals surface area contributed by atoms with E-state index in [1.165, 1.54) is 0 Å². The highest BCUT2D eigenvalue weighted by molar-refractivity contribution is 6.30. The molecule has 6 heteroatoms. The molecule has 0 aromatic heterocycles. The molecular formula is C19H20ClNO4. The van der Waals surface area contributed by atoms with Gasteiger partial charge >= 0.3 is 5.97 Å². The second-order valence-electron chi connectivity index (χ2n) is 5.55. The van der Waals surface area contributed by atoms with Crippen molar-refractivity contribution < 1.29 is 19.1 Å². The maximum atomic E-state index is 11.7. The largest absolute Gasteiger partial charge is 0.482 e. The van der Waals surface area contributed by atoms with Crippen molar-refractivity contribution in [1.82, 2.24) is 5.32 Å². The minimum atomic E-state index is -0.595. The highest BCUT2D eigenvalue weighted by Gasteiger charge is 2.10. The summed E-state index contributed by atoms with van der Waals surface area (Å²) < 4.78 is 10.3. The van der Waals surface area contributed by atoms with Crippen molar-refractivity contribution in [3.63, 3.8) is 0 Å². The Labute approximate surface area is 151 Å². The molecule has 0 saturated carbocycles. The first-order valence-electron chi connectivity index (χ1n) is 7.81. The Hall–Kier alpha value is -2.53. The van der Waals surface area contributed by atoms with Gasteiger partial charge in [0.2, 0.25) is 0 Å². The fourth-order valence-electron chi connectivity index (χ4n) is 2.06. The molecule has 25 heavy (non-hydrogen) atoms. The van der Waals surface area contributed by atoms with Crippen LogP contribution < -0.4 is 10.1 Å². The molecule has 0 radical (unpaired) electrons. The van der Waals surface area contributed by atoms with E-state index in [4.69, 9.17) is 21.1 Å². The predicted molar refractivity (Wildman–Crippen MR) is 95.7 cm³/mol. The number of aryl methyl sites for hydroxylation is 1. The number of hydrogen-bond donors (Lipinski definition) is 1. The average molecular weight is 362 g/mol. The molecule has 2 aromatic rings. The minimum Gasteiger partial charge on any atom is -0.482 e. The van der Waals surface area contributed by atoms with Crippen LogP contribution in [0.3, 0.4) is 0 Å². The lowest BCUT2D eigenvalue weighted by atomic mass is 10.1.